The molecule has 3 rings (SSSR count). The number of halogens is 6. The number of fused-ring (bicyclic) bond motifs is 1. The van der Waals surface area contributed by atoms with Crippen molar-refractivity contribution < 1.29 is 45.8 Å². The van der Waals surface area contributed by atoms with Crippen LogP contribution in [0.1, 0.15) is 44.6 Å². The molecule has 2 unspecified atom stereocenters. The Bertz CT molecular complexity index is 1000. The van der Waals surface area contributed by atoms with Crippen molar-refractivity contribution >= 4 is 11.9 Å². The molecule has 0 fully saturated rings. The van der Waals surface area contributed by atoms with E-state index in [0.717, 1.165) is 4.90 Å². The number of aliphatic carboxylic acids is 1. The number of rotatable bonds is 5. The number of hydrogen-bond donors (Lipinski definition) is 1. The fraction of sp³-hybridized carbons (Fsp3) is 0.333. The first kappa shape index (κ1) is 23.6. The van der Waals surface area contributed by atoms with Gasteiger partial charge in [0.15, 0.2) is 0 Å². The van der Waals surface area contributed by atoms with Gasteiger partial charge in [0, 0.05) is 19.2 Å². The standard InChI is InChI=1S/C21H17F6NO4/c1-32-7-6-28-17(16(19(30)31)14-4-2-3-5-15(14)18(28)29)11-8-12(20(22,23)24)10-13(9-11)21(25,26)27/h2-5,8-10,16-17H,6-7H2,1H3,(H,30,31). The number of benzene rings is 2. The molecule has 0 bridgehead atoms. The molecular weight excluding hydrogens is 444 g/mol. The maximum Gasteiger partial charge on any atom is 0.416 e. The van der Waals surface area contributed by atoms with Gasteiger partial charge in [0.05, 0.1) is 23.8 Å². The van der Waals surface area contributed by atoms with Crippen molar-refractivity contribution in [3.05, 3.63) is 70.3 Å². The fourth-order valence-corrected chi connectivity index (χ4v) is 3.81. The van der Waals surface area contributed by atoms with Gasteiger partial charge in [0.25, 0.3) is 5.91 Å². The average molecular weight is 461 g/mol. The Morgan fingerprint density at radius 2 is 1.59 bits per heavy atom. The molecule has 32 heavy (non-hydrogen) atoms. The molecule has 0 saturated carbocycles. The van der Waals surface area contributed by atoms with Crippen molar-refractivity contribution in [3.63, 3.8) is 0 Å². The van der Waals surface area contributed by atoms with Crippen LogP contribution in [-0.2, 0) is 21.9 Å². The lowest BCUT2D eigenvalue weighted by Gasteiger charge is -2.41. The first-order chi connectivity index (χ1) is 14.9. The summed E-state index contributed by atoms with van der Waals surface area (Å²) in [6.45, 7) is -0.350. The number of carbonyl (C=O) groups excluding carboxylic acids is 1. The van der Waals surface area contributed by atoms with Gasteiger partial charge in [0.1, 0.15) is 5.92 Å². The molecule has 1 N–H and O–H groups in total. The molecule has 5 nitrogen and oxygen atoms in total. The highest BCUT2D eigenvalue weighted by Crippen LogP contribution is 2.45. The first-order valence-corrected chi connectivity index (χ1v) is 9.27. The second-order valence-corrected chi connectivity index (χ2v) is 7.18. The maximum atomic E-state index is 13.4. The van der Waals surface area contributed by atoms with Gasteiger partial charge >= 0.3 is 18.3 Å². The minimum Gasteiger partial charge on any atom is -0.481 e. The van der Waals surface area contributed by atoms with E-state index in [2.05, 4.69) is 0 Å². The zero-order valence-electron chi connectivity index (χ0n) is 16.5. The number of hydrogen-bond acceptors (Lipinski definition) is 3. The topological polar surface area (TPSA) is 66.8 Å². The molecule has 172 valence electrons. The van der Waals surface area contributed by atoms with E-state index in [9.17, 15) is 41.0 Å². The average Bonchev–Trinajstić information content (AvgIpc) is 2.71. The Labute approximate surface area is 178 Å². The van der Waals surface area contributed by atoms with Crippen LogP contribution in [0.5, 0.6) is 0 Å². The number of amides is 1. The quantitative estimate of drug-likeness (QED) is 0.654. The molecule has 0 radical (unpaired) electrons. The van der Waals surface area contributed by atoms with Crippen LogP contribution in [0.25, 0.3) is 0 Å². The third-order valence-corrected chi connectivity index (χ3v) is 5.19. The van der Waals surface area contributed by atoms with Gasteiger partial charge in [-0.3, -0.25) is 9.59 Å². The smallest absolute Gasteiger partial charge is 0.416 e. The summed E-state index contributed by atoms with van der Waals surface area (Å²) in [6.07, 6.45) is -10.2. The van der Waals surface area contributed by atoms with Gasteiger partial charge in [-0.2, -0.15) is 26.3 Å². The Kier molecular flexibility index (Phi) is 6.23. The molecule has 0 spiro atoms. The van der Waals surface area contributed by atoms with E-state index in [1.165, 1.54) is 31.4 Å². The van der Waals surface area contributed by atoms with E-state index in [4.69, 9.17) is 4.74 Å². The number of nitrogens with zero attached hydrogens (tertiary/aromatic N) is 1. The molecular formula is C21H17F6NO4. The largest absolute Gasteiger partial charge is 0.481 e. The summed E-state index contributed by atoms with van der Waals surface area (Å²) >= 11 is 0. The maximum absolute atomic E-state index is 13.4. The van der Waals surface area contributed by atoms with Crippen LogP contribution in [0.3, 0.4) is 0 Å². The molecule has 0 saturated heterocycles. The van der Waals surface area contributed by atoms with Crippen LogP contribution in [0.4, 0.5) is 26.3 Å². The lowest BCUT2D eigenvalue weighted by atomic mass is 9.79. The molecule has 0 aliphatic carbocycles. The van der Waals surface area contributed by atoms with E-state index in [0.29, 0.717) is 12.1 Å². The summed E-state index contributed by atoms with van der Waals surface area (Å²) in [6, 6.07) is 4.86. The number of alkyl halides is 6. The second kappa shape index (κ2) is 8.45. The van der Waals surface area contributed by atoms with Crippen LogP contribution in [0.2, 0.25) is 0 Å². The molecule has 1 amide bonds. The van der Waals surface area contributed by atoms with Crippen LogP contribution < -0.4 is 0 Å². The summed E-state index contributed by atoms with van der Waals surface area (Å²) in [7, 11) is 1.29. The number of ether oxygens (including phenoxy) is 1. The highest BCUT2D eigenvalue weighted by atomic mass is 19.4. The summed E-state index contributed by atoms with van der Waals surface area (Å²) in [5.74, 6) is -3.81. The molecule has 1 aliphatic heterocycles. The van der Waals surface area contributed by atoms with E-state index in [1.54, 1.807) is 0 Å². The Hall–Kier alpha value is -3.08. The molecule has 2 aromatic carbocycles. The van der Waals surface area contributed by atoms with Crippen molar-refractivity contribution in [3.8, 4) is 0 Å². The van der Waals surface area contributed by atoms with Gasteiger partial charge < -0.3 is 14.7 Å². The molecule has 0 aromatic heterocycles. The molecule has 1 heterocycles. The lowest BCUT2D eigenvalue weighted by Crippen LogP contribution is -2.46. The molecule has 2 atom stereocenters. The summed E-state index contributed by atoms with van der Waals surface area (Å²) in [5, 5.41) is 9.89. The van der Waals surface area contributed by atoms with Crippen LogP contribution in [0, 0.1) is 0 Å². The monoisotopic (exact) mass is 461 g/mol. The fourth-order valence-electron chi connectivity index (χ4n) is 3.81. The van der Waals surface area contributed by atoms with Crippen molar-refractivity contribution in [1.82, 2.24) is 4.90 Å². The van der Waals surface area contributed by atoms with Crippen molar-refractivity contribution in [1.29, 1.82) is 0 Å². The van der Waals surface area contributed by atoms with Crippen molar-refractivity contribution in [2.45, 2.75) is 24.3 Å². The second-order valence-electron chi connectivity index (χ2n) is 7.18. The van der Waals surface area contributed by atoms with Crippen molar-refractivity contribution in [2.75, 3.05) is 20.3 Å². The predicted molar refractivity (Wildman–Crippen MR) is 98.9 cm³/mol. The Morgan fingerprint density at radius 3 is 2.09 bits per heavy atom. The number of carboxylic acid groups (broad SMARTS) is 1. The van der Waals surface area contributed by atoms with E-state index >= 15 is 0 Å². The van der Waals surface area contributed by atoms with Gasteiger partial charge in [-0.05, 0) is 35.4 Å². The number of methoxy groups -OCH3 is 1. The number of carboxylic acids is 1. The van der Waals surface area contributed by atoms with Crippen molar-refractivity contribution in [2.24, 2.45) is 0 Å². The zero-order valence-corrected chi connectivity index (χ0v) is 16.5. The molecule has 1 aliphatic rings. The van der Waals surface area contributed by atoms with Gasteiger partial charge in [-0.25, -0.2) is 0 Å². The number of carbonyl (C=O) groups is 2. The third-order valence-electron chi connectivity index (χ3n) is 5.19. The first-order valence-electron chi connectivity index (χ1n) is 9.27. The third kappa shape index (κ3) is 4.43. The Morgan fingerprint density at radius 1 is 1.03 bits per heavy atom. The van der Waals surface area contributed by atoms with Crippen LogP contribution >= 0.6 is 0 Å². The van der Waals surface area contributed by atoms with E-state index in [1.807, 2.05) is 0 Å². The lowest BCUT2D eigenvalue weighted by molar-refractivity contribution is -0.143. The Balaban J connectivity index is 2.30. The minimum absolute atomic E-state index is 0.00892. The van der Waals surface area contributed by atoms with E-state index in [-0.39, 0.29) is 30.3 Å². The molecule has 2 aromatic rings. The van der Waals surface area contributed by atoms with Crippen LogP contribution in [-0.4, -0.2) is 42.1 Å². The highest BCUT2D eigenvalue weighted by Gasteiger charge is 2.46. The van der Waals surface area contributed by atoms with E-state index < -0.39 is 52.9 Å². The van der Waals surface area contributed by atoms with Gasteiger partial charge in [-0.1, -0.05) is 18.2 Å². The SMILES string of the molecule is COCCN1C(=O)c2ccccc2C(C(=O)O)C1c1cc(C(F)(F)F)cc(C(F)(F)F)c1. The zero-order chi connectivity index (χ0) is 23.8. The minimum atomic E-state index is -5.12. The summed E-state index contributed by atoms with van der Waals surface area (Å²) in [4.78, 5) is 26.2. The summed E-state index contributed by atoms with van der Waals surface area (Å²) < 4.78 is 85.3. The highest BCUT2D eigenvalue weighted by molar-refractivity contribution is 6.00. The van der Waals surface area contributed by atoms with Crippen LogP contribution in [0.15, 0.2) is 42.5 Å². The summed E-state index contributed by atoms with van der Waals surface area (Å²) in [5.41, 5.74) is -3.75. The molecule has 11 heteroatoms. The normalized spacial score (nSPS) is 19.1. The van der Waals surface area contributed by atoms with Gasteiger partial charge in [0.2, 0.25) is 0 Å². The predicted octanol–water partition coefficient (Wildman–Crippen LogP) is 4.74. The van der Waals surface area contributed by atoms with Gasteiger partial charge in [-0.15, -0.1) is 0 Å².